The Morgan fingerprint density at radius 1 is 1.00 bits per heavy atom. The number of aryl methyl sites for hydroxylation is 1. The van der Waals surface area contributed by atoms with Gasteiger partial charge in [0.1, 0.15) is 0 Å². The van der Waals surface area contributed by atoms with Crippen LogP contribution in [0.4, 0.5) is 21.9 Å². The molecule has 3 N–H and O–H groups in total. The van der Waals surface area contributed by atoms with Crippen LogP contribution in [-0.4, -0.2) is 44.8 Å². The second-order valence-corrected chi connectivity index (χ2v) is 6.38. The molecule has 1 fully saturated rings. The van der Waals surface area contributed by atoms with Crippen molar-refractivity contribution in [2.24, 2.45) is 0 Å². The Hall–Kier alpha value is -3.06. The average Bonchev–Trinajstić information content (AvgIpc) is 2.67. The van der Waals surface area contributed by atoms with Gasteiger partial charge in [-0.1, -0.05) is 18.2 Å². The summed E-state index contributed by atoms with van der Waals surface area (Å²) in [5.74, 6) is -0.284. The van der Waals surface area contributed by atoms with Crippen LogP contribution in [0.1, 0.15) is 5.56 Å². The zero-order valence-electron chi connectivity index (χ0n) is 15.3. The van der Waals surface area contributed by atoms with E-state index >= 15 is 0 Å². The van der Waals surface area contributed by atoms with Crippen LogP contribution in [-0.2, 0) is 9.53 Å². The number of amides is 3. The molecule has 7 heteroatoms. The van der Waals surface area contributed by atoms with E-state index in [1.165, 1.54) is 0 Å². The number of morpholine rings is 1. The van der Waals surface area contributed by atoms with E-state index in [0.29, 0.717) is 24.6 Å². The lowest BCUT2D eigenvalue weighted by molar-refractivity contribution is -0.115. The Bertz CT molecular complexity index is 803. The molecule has 0 atom stereocenters. The predicted molar refractivity (Wildman–Crippen MR) is 106 cm³/mol. The van der Waals surface area contributed by atoms with Gasteiger partial charge < -0.3 is 25.6 Å². The van der Waals surface area contributed by atoms with Crippen LogP contribution in [0.5, 0.6) is 0 Å². The molecule has 1 aliphatic rings. The highest BCUT2D eigenvalue weighted by molar-refractivity contribution is 5.97. The van der Waals surface area contributed by atoms with E-state index in [1.54, 1.807) is 6.07 Å². The van der Waals surface area contributed by atoms with E-state index < -0.39 is 6.03 Å². The van der Waals surface area contributed by atoms with Crippen LogP contribution >= 0.6 is 0 Å². The summed E-state index contributed by atoms with van der Waals surface area (Å²) in [4.78, 5) is 26.3. The fraction of sp³-hybridized carbons (Fsp3) is 0.300. The van der Waals surface area contributed by atoms with E-state index in [4.69, 9.17) is 4.74 Å². The normalized spacial score (nSPS) is 13.7. The molecule has 27 heavy (non-hydrogen) atoms. The van der Waals surface area contributed by atoms with E-state index in [9.17, 15) is 9.59 Å². The molecule has 0 aromatic heterocycles. The molecule has 7 nitrogen and oxygen atoms in total. The molecule has 0 aliphatic carbocycles. The fourth-order valence-corrected chi connectivity index (χ4v) is 2.87. The molecule has 2 aromatic rings. The SMILES string of the molecule is Cc1cccc(NC(=O)NCC(=O)Nc2cccc(N3CCOCC3)c2)c1. The molecule has 142 valence electrons. The zero-order chi connectivity index (χ0) is 19.1. The number of ether oxygens (including phenoxy) is 1. The highest BCUT2D eigenvalue weighted by Gasteiger charge is 2.12. The number of anilines is 3. The van der Waals surface area contributed by atoms with E-state index in [0.717, 1.165) is 24.3 Å². The smallest absolute Gasteiger partial charge is 0.319 e. The average molecular weight is 368 g/mol. The van der Waals surface area contributed by atoms with Crippen molar-refractivity contribution in [3.63, 3.8) is 0 Å². The molecule has 0 unspecified atom stereocenters. The van der Waals surface area contributed by atoms with Crippen LogP contribution in [0.3, 0.4) is 0 Å². The Labute approximate surface area is 158 Å². The van der Waals surface area contributed by atoms with E-state index in [1.807, 2.05) is 49.4 Å². The van der Waals surface area contributed by atoms with Gasteiger partial charge in [0.25, 0.3) is 0 Å². The van der Waals surface area contributed by atoms with Gasteiger partial charge >= 0.3 is 6.03 Å². The van der Waals surface area contributed by atoms with Crippen LogP contribution in [0.2, 0.25) is 0 Å². The summed E-state index contributed by atoms with van der Waals surface area (Å²) in [5.41, 5.74) is 3.47. The van der Waals surface area contributed by atoms with Crippen molar-refractivity contribution in [1.29, 1.82) is 0 Å². The summed E-state index contributed by atoms with van der Waals surface area (Å²) in [7, 11) is 0. The monoisotopic (exact) mass is 368 g/mol. The van der Waals surface area contributed by atoms with Gasteiger partial charge in [-0.3, -0.25) is 4.79 Å². The first-order valence-electron chi connectivity index (χ1n) is 8.94. The van der Waals surface area contributed by atoms with Crippen LogP contribution < -0.4 is 20.9 Å². The molecule has 0 bridgehead atoms. The van der Waals surface area contributed by atoms with Crippen LogP contribution in [0.25, 0.3) is 0 Å². The summed E-state index contributed by atoms with van der Waals surface area (Å²) in [6.45, 7) is 4.91. The van der Waals surface area contributed by atoms with Crippen molar-refractivity contribution in [2.45, 2.75) is 6.92 Å². The molecule has 0 spiro atoms. The number of hydrogen-bond acceptors (Lipinski definition) is 4. The molecule has 0 radical (unpaired) electrons. The number of nitrogens with zero attached hydrogens (tertiary/aromatic N) is 1. The molecule has 3 rings (SSSR count). The largest absolute Gasteiger partial charge is 0.378 e. The van der Waals surface area contributed by atoms with Crippen LogP contribution in [0.15, 0.2) is 48.5 Å². The number of hydrogen-bond donors (Lipinski definition) is 3. The highest BCUT2D eigenvalue weighted by Crippen LogP contribution is 2.20. The first kappa shape index (κ1) is 18.7. The first-order valence-corrected chi connectivity index (χ1v) is 8.94. The minimum atomic E-state index is -0.419. The Balaban J connectivity index is 1.48. The summed E-state index contributed by atoms with van der Waals surface area (Å²) in [6.07, 6.45) is 0. The second kappa shape index (κ2) is 9.05. The van der Waals surface area contributed by atoms with Gasteiger partial charge in [-0.15, -0.1) is 0 Å². The molecule has 1 aliphatic heterocycles. The summed E-state index contributed by atoms with van der Waals surface area (Å²) in [5, 5.41) is 8.08. The predicted octanol–water partition coefficient (Wildman–Crippen LogP) is 2.59. The third-order valence-electron chi connectivity index (χ3n) is 4.19. The zero-order valence-corrected chi connectivity index (χ0v) is 15.3. The van der Waals surface area contributed by atoms with Gasteiger partial charge in [-0.2, -0.15) is 0 Å². The molecular weight excluding hydrogens is 344 g/mol. The fourth-order valence-electron chi connectivity index (χ4n) is 2.87. The van der Waals surface area contributed by atoms with E-state index in [2.05, 4.69) is 20.9 Å². The Kier molecular flexibility index (Phi) is 6.27. The number of carbonyl (C=O) groups is 2. The van der Waals surface area contributed by atoms with Crippen molar-refractivity contribution in [3.05, 3.63) is 54.1 Å². The maximum absolute atomic E-state index is 12.1. The van der Waals surface area contributed by atoms with Gasteiger partial charge in [0.05, 0.1) is 19.8 Å². The minimum absolute atomic E-state index is 0.112. The lowest BCUT2D eigenvalue weighted by Gasteiger charge is -2.29. The molecule has 1 saturated heterocycles. The van der Waals surface area contributed by atoms with Gasteiger partial charge in [-0.05, 0) is 42.8 Å². The maximum atomic E-state index is 12.1. The van der Waals surface area contributed by atoms with Gasteiger partial charge in [0.15, 0.2) is 0 Å². The summed E-state index contributed by atoms with van der Waals surface area (Å²) >= 11 is 0. The molecule has 3 amide bonds. The van der Waals surface area contributed by atoms with Crippen molar-refractivity contribution < 1.29 is 14.3 Å². The highest BCUT2D eigenvalue weighted by atomic mass is 16.5. The van der Waals surface area contributed by atoms with Crippen molar-refractivity contribution in [3.8, 4) is 0 Å². The molecule has 0 saturated carbocycles. The third kappa shape index (κ3) is 5.72. The van der Waals surface area contributed by atoms with Crippen molar-refractivity contribution in [1.82, 2.24) is 5.32 Å². The number of rotatable bonds is 5. The maximum Gasteiger partial charge on any atom is 0.319 e. The minimum Gasteiger partial charge on any atom is -0.378 e. The number of urea groups is 1. The molecule has 1 heterocycles. The number of nitrogens with one attached hydrogen (secondary N) is 3. The van der Waals surface area contributed by atoms with Crippen molar-refractivity contribution >= 4 is 29.0 Å². The standard InChI is InChI=1S/C20H24N4O3/c1-15-4-2-5-16(12-15)23-20(26)21-14-19(25)22-17-6-3-7-18(13-17)24-8-10-27-11-9-24/h2-7,12-13H,8-11,14H2,1H3,(H,22,25)(H2,21,23,26). The summed E-state index contributed by atoms with van der Waals surface area (Å²) < 4.78 is 5.36. The quantitative estimate of drug-likeness (QED) is 0.758. The topological polar surface area (TPSA) is 82.7 Å². The Morgan fingerprint density at radius 2 is 1.70 bits per heavy atom. The summed E-state index contributed by atoms with van der Waals surface area (Å²) in [6, 6.07) is 14.7. The lowest BCUT2D eigenvalue weighted by Crippen LogP contribution is -2.36. The Morgan fingerprint density at radius 3 is 2.44 bits per heavy atom. The molecule has 2 aromatic carbocycles. The van der Waals surface area contributed by atoms with Gasteiger partial charge in [-0.25, -0.2) is 4.79 Å². The van der Waals surface area contributed by atoms with E-state index in [-0.39, 0.29) is 12.5 Å². The van der Waals surface area contributed by atoms with Crippen molar-refractivity contribution in [2.75, 3.05) is 48.4 Å². The number of carbonyl (C=O) groups excluding carboxylic acids is 2. The third-order valence-corrected chi connectivity index (χ3v) is 4.19. The molecular formula is C20H24N4O3. The van der Waals surface area contributed by atoms with Gasteiger partial charge in [0.2, 0.25) is 5.91 Å². The van der Waals surface area contributed by atoms with Crippen LogP contribution in [0, 0.1) is 6.92 Å². The number of benzene rings is 2. The second-order valence-electron chi connectivity index (χ2n) is 6.38. The first-order chi connectivity index (χ1) is 13.1. The lowest BCUT2D eigenvalue weighted by atomic mass is 10.2. The van der Waals surface area contributed by atoms with Gasteiger partial charge in [0, 0.05) is 30.2 Å².